The fourth-order valence-electron chi connectivity index (χ4n) is 0.161. The van der Waals surface area contributed by atoms with Crippen molar-refractivity contribution < 1.29 is 26.3 Å². The van der Waals surface area contributed by atoms with E-state index in [0.29, 0.717) is 0 Å². The topological polar surface area (TPSA) is 0 Å². The van der Waals surface area contributed by atoms with Crippen molar-refractivity contribution >= 4 is 31.9 Å². The second kappa shape index (κ2) is 2.79. The minimum atomic E-state index is -5.92. The summed E-state index contributed by atoms with van der Waals surface area (Å²) in [6, 6.07) is 0. The van der Waals surface area contributed by atoms with E-state index in [-0.39, 0.29) is 0 Å². The standard InChI is InChI=1S/C3Br2F6/c4-2(5,8)1(6,7)3(9,10)11. The first-order valence-electron chi connectivity index (χ1n) is 2.01. The van der Waals surface area contributed by atoms with E-state index in [4.69, 9.17) is 0 Å². The molecule has 0 aliphatic carbocycles. The molecule has 0 nitrogen and oxygen atoms in total. The van der Waals surface area contributed by atoms with Crippen molar-refractivity contribution in [2.75, 3.05) is 0 Å². The Hall–Kier alpha value is 0.540. The van der Waals surface area contributed by atoms with Crippen molar-refractivity contribution in [3.63, 3.8) is 0 Å². The van der Waals surface area contributed by atoms with Crippen molar-refractivity contribution in [1.29, 1.82) is 0 Å². The molecule has 0 aliphatic heterocycles. The Morgan fingerprint density at radius 2 is 1.00 bits per heavy atom. The van der Waals surface area contributed by atoms with E-state index in [1.165, 1.54) is 31.9 Å². The monoisotopic (exact) mass is 308 g/mol. The Balaban J connectivity index is 4.75. The molecular formula is C3Br2F6. The highest BCUT2D eigenvalue weighted by Gasteiger charge is 2.70. The zero-order valence-electron chi connectivity index (χ0n) is 4.52. The highest BCUT2D eigenvalue weighted by atomic mass is 79.9. The third-order valence-electron chi connectivity index (χ3n) is 0.712. The van der Waals surface area contributed by atoms with E-state index in [9.17, 15) is 26.3 Å². The molecule has 0 amide bonds. The molecule has 0 saturated heterocycles. The molecule has 0 spiro atoms. The first-order valence-corrected chi connectivity index (χ1v) is 3.60. The van der Waals surface area contributed by atoms with Gasteiger partial charge in [-0.3, -0.25) is 0 Å². The normalized spacial score (nSPS) is 15.3. The third-order valence-corrected chi connectivity index (χ3v) is 1.71. The van der Waals surface area contributed by atoms with Crippen LogP contribution in [0.1, 0.15) is 0 Å². The summed E-state index contributed by atoms with van der Waals surface area (Å²) >= 11 is 3.03. The van der Waals surface area contributed by atoms with Crippen LogP contribution in [0.25, 0.3) is 0 Å². The molecule has 0 fully saturated rings. The molecule has 0 aromatic carbocycles. The average Bonchev–Trinajstić information content (AvgIpc) is 1.58. The molecule has 0 aromatic rings. The molecule has 8 heteroatoms. The summed E-state index contributed by atoms with van der Waals surface area (Å²) in [6.07, 6.45) is -5.92. The molecule has 0 unspecified atom stereocenters. The van der Waals surface area contributed by atoms with Gasteiger partial charge in [0.1, 0.15) is 0 Å². The number of alkyl halides is 8. The van der Waals surface area contributed by atoms with Crippen molar-refractivity contribution in [2.45, 2.75) is 15.6 Å². The van der Waals surface area contributed by atoms with E-state index in [0.717, 1.165) is 0 Å². The van der Waals surface area contributed by atoms with Crippen LogP contribution in [0.15, 0.2) is 0 Å². The van der Waals surface area contributed by atoms with Crippen molar-refractivity contribution in [3.8, 4) is 0 Å². The Morgan fingerprint density at radius 1 is 0.727 bits per heavy atom. The van der Waals surface area contributed by atoms with Gasteiger partial charge in [-0.2, -0.15) is 22.0 Å². The Labute approximate surface area is 74.2 Å². The van der Waals surface area contributed by atoms with Crippen molar-refractivity contribution in [2.24, 2.45) is 0 Å². The van der Waals surface area contributed by atoms with Gasteiger partial charge < -0.3 is 0 Å². The molecule has 0 saturated carbocycles. The van der Waals surface area contributed by atoms with Gasteiger partial charge in [-0.15, -0.1) is 0 Å². The molecule has 0 heterocycles. The van der Waals surface area contributed by atoms with E-state index in [1.54, 1.807) is 0 Å². The third kappa shape index (κ3) is 2.24. The Bertz CT molecular complexity index is 127. The molecule has 11 heavy (non-hydrogen) atoms. The predicted molar refractivity (Wildman–Crippen MR) is 32.7 cm³/mol. The fraction of sp³-hybridized carbons (Fsp3) is 1.00. The van der Waals surface area contributed by atoms with Crippen LogP contribution in [0.5, 0.6) is 0 Å². The van der Waals surface area contributed by atoms with Gasteiger partial charge in [0.25, 0.3) is 3.49 Å². The second-order valence-corrected chi connectivity index (χ2v) is 4.82. The SMILES string of the molecule is FC(F)(F)C(F)(F)C(F)(Br)Br. The van der Waals surface area contributed by atoms with E-state index >= 15 is 0 Å². The maximum atomic E-state index is 12.0. The van der Waals surface area contributed by atoms with Gasteiger partial charge >= 0.3 is 12.1 Å². The summed E-state index contributed by atoms with van der Waals surface area (Å²) in [5.74, 6) is -5.46. The zero-order chi connectivity index (χ0) is 9.50. The lowest BCUT2D eigenvalue weighted by Gasteiger charge is -2.24. The molecule has 0 aromatic heterocycles. The van der Waals surface area contributed by atoms with Crippen LogP contribution in [0.2, 0.25) is 0 Å². The van der Waals surface area contributed by atoms with Crippen LogP contribution in [-0.4, -0.2) is 15.6 Å². The number of hydrogen-bond donors (Lipinski definition) is 0. The molecule has 0 aliphatic rings. The van der Waals surface area contributed by atoms with Gasteiger partial charge in [0.2, 0.25) is 0 Å². The fourth-order valence-corrected chi connectivity index (χ4v) is 0.610. The van der Waals surface area contributed by atoms with Gasteiger partial charge in [0.15, 0.2) is 0 Å². The molecule has 0 rings (SSSR count). The maximum absolute atomic E-state index is 12.0. The number of halogens is 8. The second-order valence-electron chi connectivity index (χ2n) is 1.57. The Morgan fingerprint density at radius 3 is 1.00 bits per heavy atom. The molecule has 0 bridgehead atoms. The van der Waals surface area contributed by atoms with Crippen LogP contribution in [0.3, 0.4) is 0 Å². The van der Waals surface area contributed by atoms with Crippen molar-refractivity contribution in [3.05, 3.63) is 0 Å². The van der Waals surface area contributed by atoms with Crippen molar-refractivity contribution in [1.82, 2.24) is 0 Å². The lowest BCUT2D eigenvalue weighted by atomic mass is 10.4. The van der Waals surface area contributed by atoms with E-state index in [1.807, 2.05) is 0 Å². The summed E-state index contributed by atoms with van der Waals surface area (Å²) in [4.78, 5) is 0. The lowest BCUT2D eigenvalue weighted by molar-refractivity contribution is -0.294. The summed E-state index contributed by atoms with van der Waals surface area (Å²) in [5.41, 5.74) is 0. The van der Waals surface area contributed by atoms with Gasteiger partial charge in [-0.1, -0.05) is 0 Å². The molecule has 0 radical (unpaired) electrons. The van der Waals surface area contributed by atoms with Crippen LogP contribution >= 0.6 is 31.9 Å². The lowest BCUT2D eigenvalue weighted by Crippen LogP contribution is -2.47. The van der Waals surface area contributed by atoms with Gasteiger partial charge in [0, 0.05) is 0 Å². The summed E-state index contributed by atoms with van der Waals surface area (Å²) in [5, 5.41) is 0. The number of hydrogen-bond acceptors (Lipinski definition) is 0. The van der Waals surface area contributed by atoms with Crippen LogP contribution in [-0.2, 0) is 0 Å². The smallest absolute Gasteiger partial charge is 0.211 e. The van der Waals surface area contributed by atoms with E-state index in [2.05, 4.69) is 0 Å². The Kier molecular flexibility index (Phi) is 2.93. The van der Waals surface area contributed by atoms with Gasteiger partial charge in [-0.25, -0.2) is 4.39 Å². The van der Waals surface area contributed by atoms with Crippen LogP contribution < -0.4 is 0 Å². The van der Waals surface area contributed by atoms with Crippen LogP contribution in [0.4, 0.5) is 26.3 Å². The number of rotatable bonds is 1. The first kappa shape index (κ1) is 11.5. The highest BCUT2D eigenvalue weighted by molar-refractivity contribution is 9.25. The molecule has 0 N–H and O–H groups in total. The largest absolute Gasteiger partial charge is 0.458 e. The minimum absolute atomic E-state index is 1.52. The van der Waals surface area contributed by atoms with Crippen LogP contribution in [0, 0.1) is 0 Å². The quantitative estimate of drug-likeness (QED) is 0.513. The zero-order valence-corrected chi connectivity index (χ0v) is 7.70. The molecular weight excluding hydrogens is 310 g/mol. The summed E-state index contributed by atoms with van der Waals surface area (Å²) in [7, 11) is 0. The summed E-state index contributed by atoms with van der Waals surface area (Å²) in [6.45, 7) is 0. The predicted octanol–water partition coefficient (Wildman–Crippen LogP) is 3.60. The minimum Gasteiger partial charge on any atom is -0.211 e. The average molecular weight is 310 g/mol. The van der Waals surface area contributed by atoms with E-state index < -0.39 is 15.6 Å². The summed E-state index contributed by atoms with van der Waals surface area (Å²) < 4.78 is 65.6. The first-order chi connectivity index (χ1) is 4.50. The van der Waals surface area contributed by atoms with Gasteiger partial charge in [0.05, 0.1) is 0 Å². The maximum Gasteiger partial charge on any atom is 0.458 e. The van der Waals surface area contributed by atoms with Gasteiger partial charge in [-0.05, 0) is 31.9 Å². The molecule has 68 valence electrons. The molecule has 0 atom stereocenters. The highest BCUT2D eigenvalue weighted by Crippen LogP contribution is 2.51.